The summed E-state index contributed by atoms with van der Waals surface area (Å²) in [5, 5.41) is 0. The highest BCUT2D eigenvalue weighted by molar-refractivity contribution is 5.83. The van der Waals surface area contributed by atoms with Gasteiger partial charge in [-0.25, -0.2) is 0 Å². The van der Waals surface area contributed by atoms with Gasteiger partial charge in [0, 0.05) is 5.41 Å². The molecular formula is C9H14O. The maximum absolute atomic E-state index is 10.9. The average molecular weight is 138 g/mol. The summed E-state index contributed by atoms with van der Waals surface area (Å²) in [7, 11) is 0. The van der Waals surface area contributed by atoms with Crippen LogP contribution >= 0.6 is 0 Å². The summed E-state index contributed by atoms with van der Waals surface area (Å²) < 4.78 is 0. The zero-order chi connectivity index (χ0) is 8.20. The lowest BCUT2D eigenvalue weighted by Gasteiger charge is -2.13. The molecule has 0 spiro atoms. The molecule has 1 heteroatoms. The summed E-state index contributed by atoms with van der Waals surface area (Å²) in [6, 6.07) is 0. The Morgan fingerprint density at radius 3 is 2.30 bits per heavy atom. The summed E-state index contributed by atoms with van der Waals surface area (Å²) in [6.07, 6.45) is 3.58. The van der Waals surface area contributed by atoms with E-state index in [4.69, 9.17) is 0 Å². The van der Waals surface area contributed by atoms with E-state index in [0.29, 0.717) is 0 Å². The van der Waals surface area contributed by atoms with Crippen molar-refractivity contribution in [1.82, 2.24) is 0 Å². The topological polar surface area (TPSA) is 17.1 Å². The van der Waals surface area contributed by atoms with Gasteiger partial charge in [-0.1, -0.05) is 0 Å². The summed E-state index contributed by atoms with van der Waals surface area (Å²) >= 11 is 0. The highest BCUT2D eigenvalue weighted by Crippen LogP contribution is 2.16. The van der Waals surface area contributed by atoms with Gasteiger partial charge in [0.25, 0.3) is 0 Å². The lowest BCUT2D eigenvalue weighted by atomic mass is 9.89. The molecule has 0 aliphatic heterocycles. The van der Waals surface area contributed by atoms with Gasteiger partial charge in [0.2, 0.25) is 0 Å². The first-order valence-corrected chi connectivity index (χ1v) is 3.40. The van der Waals surface area contributed by atoms with Crippen LogP contribution in [0.4, 0.5) is 0 Å². The van der Waals surface area contributed by atoms with Gasteiger partial charge in [-0.15, -0.1) is 5.73 Å². The zero-order valence-electron chi connectivity index (χ0n) is 7.06. The first-order valence-electron chi connectivity index (χ1n) is 3.40. The number of hydrogen-bond acceptors (Lipinski definition) is 1. The second kappa shape index (κ2) is 3.38. The van der Waals surface area contributed by atoms with Gasteiger partial charge >= 0.3 is 0 Å². The molecule has 0 amide bonds. The molecule has 0 aromatic carbocycles. The highest BCUT2D eigenvalue weighted by Gasteiger charge is 2.18. The number of rotatable bonds is 2. The number of hydrogen-bond donors (Lipinski definition) is 0. The molecule has 0 aromatic heterocycles. The number of allylic oxidation sites excluding steroid dienone is 1. The molecule has 0 saturated heterocycles. The largest absolute Gasteiger partial charge is 0.299 e. The molecule has 10 heavy (non-hydrogen) atoms. The minimum atomic E-state index is -0.355. The average Bonchev–Trinajstić information content (AvgIpc) is 1.84. The van der Waals surface area contributed by atoms with E-state index in [1.54, 1.807) is 19.1 Å². The maximum atomic E-state index is 10.9. The minimum absolute atomic E-state index is 0.168. The van der Waals surface area contributed by atoms with Crippen molar-refractivity contribution in [2.24, 2.45) is 5.41 Å². The van der Waals surface area contributed by atoms with Crippen LogP contribution in [0.2, 0.25) is 0 Å². The van der Waals surface area contributed by atoms with Crippen LogP contribution in [-0.4, -0.2) is 5.78 Å². The van der Waals surface area contributed by atoms with Crippen molar-refractivity contribution in [3.63, 3.8) is 0 Å². The van der Waals surface area contributed by atoms with Crippen molar-refractivity contribution >= 4 is 5.78 Å². The Kier molecular flexibility index (Phi) is 3.11. The van der Waals surface area contributed by atoms with Crippen LogP contribution in [0.15, 0.2) is 17.9 Å². The van der Waals surface area contributed by atoms with Crippen LogP contribution < -0.4 is 0 Å². The molecule has 0 aliphatic carbocycles. The SMILES string of the molecule is CC=C=CC(C)(C)C(C)=O. The molecule has 0 unspecified atom stereocenters. The van der Waals surface area contributed by atoms with Crippen LogP contribution in [0, 0.1) is 5.41 Å². The Morgan fingerprint density at radius 1 is 1.50 bits per heavy atom. The molecule has 1 nitrogen and oxygen atoms in total. The van der Waals surface area contributed by atoms with Crippen molar-refractivity contribution in [3.05, 3.63) is 17.9 Å². The molecule has 0 rings (SSSR count). The van der Waals surface area contributed by atoms with Crippen molar-refractivity contribution in [2.75, 3.05) is 0 Å². The van der Waals surface area contributed by atoms with Gasteiger partial charge in [0.15, 0.2) is 0 Å². The summed E-state index contributed by atoms with van der Waals surface area (Å²) in [6.45, 7) is 7.23. The molecule has 56 valence electrons. The first-order chi connectivity index (χ1) is 4.50. The smallest absolute Gasteiger partial charge is 0.139 e. The van der Waals surface area contributed by atoms with Crippen LogP contribution in [0.25, 0.3) is 0 Å². The molecule has 0 aromatic rings. The molecule has 0 heterocycles. The van der Waals surface area contributed by atoms with Gasteiger partial charge in [-0.2, -0.15) is 0 Å². The standard InChI is InChI=1S/C9H14O/c1-5-6-7-9(3,4)8(2)10/h5,7H,1-4H3. The fourth-order valence-corrected chi connectivity index (χ4v) is 0.393. The number of Topliss-reactive ketones (excluding diaryl/α,β-unsaturated/α-hetero) is 1. The molecule has 0 radical (unpaired) electrons. The Balaban J connectivity index is 4.42. The van der Waals surface area contributed by atoms with Crippen LogP contribution in [0.3, 0.4) is 0 Å². The maximum Gasteiger partial charge on any atom is 0.139 e. The monoisotopic (exact) mass is 138 g/mol. The zero-order valence-corrected chi connectivity index (χ0v) is 7.06. The second-order valence-corrected chi connectivity index (χ2v) is 2.88. The van der Waals surface area contributed by atoms with Crippen molar-refractivity contribution in [2.45, 2.75) is 27.7 Å². The highest BCUT2D eigenvalue weighted by atomic mass is 16.1. The molecule has 0 N–H and O–H groups in total. The van der Waals surface area contributed by atoms with Gasteiger partial charge in [0.1, 0.15) is 5.78 Å². The molecular weight excluding hydrogens is 124 g/mol. The van der Waals surface area contributed by atoms with E-state index < -0.39 is 0 Å². The predicted octanol–water partition coefficient (Wildman–Crippen LogP) is 2.33. The summed E-state index contributed by atoms with van der Waals surface area (Å²) in [5.74, 6) is 0.168. The lowest BCUT2D eigenvalue weighted by molar-refractivity contribution is -0.122. The Hall–Kier alpha value is -0.810. The van der Waals surface area contributed by atoms with E-state index in [0.717, 1.165) is 0 Å². The molecule has 0 fully saturated rings. The molecule has 0 aliphatic rings. The van der Waals surface area contributed by atoms with E-state index in [2.05, 4.69) is 5.73 Å². The Morgan fingerprint density at radius 2 is 2.00 bits per heavy atom. The third-order valence-corrected chi connectivity index (χ3v) is 1.52. The van der Waals surface area contributed by atoms with E-state index >= 15 is 0 Å². The van der Waals surface area contributed by atoms with E-state index in [-0.39, 0.29) is 11.2 Å². The third kappa shape index (κ3) is 2.65. The van der Waals surface area contributed by atoms with E-state index in [9.17, 15) is 4.79 Å². The van der Waals surface area contributed by atoms with Crippen molar-refractivity contribution in [1.29, 1.82) is 0 Å². The number of ketones is 1. The van der Waals surface area contributed by atoms with Crippen molar-refractivity contribution < 1.29 is 4.79 Å². The fourth-order valence-electron chi connectivity index (χ4n) is 0.393. The fraction of sp³-hybridized carbons (Fsp3) is 0.556. The van der Waals surface area contributed by atoms with Gasteiger partial charge in [-0.05, 0) is 39.8 Å². The van der Waals surface area contributed by atoms with E-state index in [1.807, 2.05) is 20.8 Å². The van der Waals surface area contributed by atoms with Crippen LogP contribution in [-0.2, 0) is 4.79 Å². The van der Waals surface area contributed by atoms with E-state index in [1.165, 1.54) is 0 Å². The predicted molar refractivity (Wildman–Crippen MR) is 42.8 cm³/mol. The van der Waals surface area contributed by atoms with Gasteiger partial charge in [-0.3, -0.25) is 4.79 Å². The second-order valence-electron chi connectivity index (χ2n) is 2.88. The summed E-state index contributed by atoms with van der Waals surface area (Å²) in [5.41, 5.74) is 2.54. The summed E-state index contributed by atoms with van der Waals surface area (Å²) in [4.78, 5) is 10.9. The van der Waals surface area contributed by atoms with Crippen LogP contribution in [0.1, 0.15) is 27.7 Å². The normalized spacial score (nSPS) is 10.0. The lowest BCUT2D eigenvalue weighted by Crippen LogP contribution is -2.17. The quantitative estimate of drug-likeness (QED) is 0.535. The molecule has 0 atom stereocenters. The van der Waals surface area contributed by atoms with Gasteiger partial charge < -0.3 is 0 Å². The molecule has 0 saturated carbocycles. The number of carbonyl (C=O) groups is 1. The Bertz CT molecular complexity index is 181. The van der Waals surface area contributed by atoms with Gasteiger partial charge in [0.05, 0.1) is 0 Å². The first kappa shape index (κ1) is 9.19. The Labute approximate surface area is 62.4 Å². The number of carbonyl (C=O) groups excluding carboxylic acids is 1. The minimum Gasteiger partial charge on any atom is -0.299 e. The van der Waals surface area contributed by atoms with Crippen molar-refractivity contribution in [3.8, 4) is 0 Å². The molecule has 0 bridgehead atoms. The third-order valence-electron chi connectivity index (χ3n) is 1.52. The van der Waals surface area contributed by atoms with Crippen LogP contribution in [0.5, 0.6) is 0 Å².